The van der Waals surface area contributed by atoms with Crippen molar-refractivity contribution in [2.75, 3.05) is 13.7 Å². The Morgan fingerprint density at radius 2 is 1.94 bits per heavy atom. The summed E-state index contributed by atoms with van der Waals surface area (Å²) < 4.78 is 5.09. The zero-order chi connectivity index (χ0) is 12.8. The monoisotopic (exact) mass is 244 g/mol. The van der Waals surface area contributed by atoms with Crippen LogP contribution in [0.15, 0.2) is 42.5 Å². The van der Waals surface area contributed by atoms with Crippen molar-refractivity contribution in [3.63, 3.8) is 0 Å². The third-order valence-electron chi connectivity index (χ3n) is 3.24. The summed E-state index contributed by atoms with van der Waals surface area (Å²) in [4.78, 5) is 0. The Labute approximate surface area is 108 Å². The SMILES string of the molecule is COCCCC(NN)c1cccc2ccccc12. The van der Waals surface area contributed by atoms with Gasteiger partial charge in [0.2, 0.25) is 0 Å². The van der Waals surface area contributed by atoms with E-state index in [4.69, 9.17) is 10.6 Å². The molecule has 2 aromatic rings. The van der Waals surface area contributed by atoms with Gasteiger partial charge in [-0.2, -0.15) is 0 Å². The number of hydrogen-bond acceptors (Lipinski definition) is 3. The van der Waals surface area contributed by atoms with Gasteiger partial charge in [0, 0.05) is 19.8 Å². The Balaban J connectivity index is 2.27. The molecule has 3 nitrogen and oxygen atoms in total. The first-order chi connectivity index (χ1) is 8.86. The molecule has 0 aliphatic heterocycles. The maximum Gasteiger partial charge on any atom is 0.0467 e. The highest BCUT2D eigenvalue weighted by Crippen LogP contribution is 2.26. The molecular formula is C15H20N2O. The summed E-state index contributed by atoms with van der Waals surface area (Å²) in [6.07, 6.45) is 1.97. The first kappa shape index (κ1) is 13.0. The number of hydrazine groups is 1. The summed E-state index contributed by atoms with van der Waals surface area (Å²) in [6, 6.07) is 14.9. The summed E-state index contributed by atoms with van der Waals surface area (Å²) in [6.45, 7) is 0.767. The highest BCUT2D eigenvalue weighted by atomic mass is 16.5. The minimum Gasteiger partial charge on any atom is -0.385 e. The number of ether oxygens (including phenoxy) is 1. The third kappa shape index (κ3) is 2.88. The average molecular weight is 244 g/mol. The van der Waals surface area contributed by atoms with Crippen LogP contribution in [0.4, 0.5) is 0 Å². The zero-order valence-corrected chi connectivity index (χ0v) is 10.7. The third-order valence-corrected chi connectivity index (χ3v) is 3.24. The molecule has 3 heteroatoms. The smallest absolute Gasteiger partial charge is 0.0467 e. The summed E-state index contributed by atoms with van der Waals surface area (Å²) in [5.74, 6) is 5.69. The van der Waals surface area contributed by atoms with Crippen LogP contribution in [-0.2, 0) is 4.74 Å². The molecule has 0 aliphatic rings. The van der Waals surface area contributed by atoms with Crippen LogP contribution >= 0.6 is 0 Å². The number of nitrogens with two attached hydrogens (primary N) is 1. The number of benzene rings is 2. The van der Waals surface area contributed by atoms with Crippen molar-refractivity contribution in [3.05, 3.63) is 48.0 Å². The van der Waals surface area contributed by atoms with Crippen LogP contribution in [0.25, 0.3) is 10.8 Å². The number of rotatable bonds is 6. The fraction of sp³-hybridized carbons (Fsp3) is 0.333. The number of fused-ring (bicyclic) bond motifs is 1. The molecule has 0 spiro atoms. The van der Waals surface area contributed by atoms with Gasteiger partial charge in [-0.15, -0.1) is 0 Å². The van der Waals surface area contributed by atoms with E-state index in [0.717, 1.165) is 19.4 Å². The first-order valence-electron chi connectivity index (χ1n) is 6.29. The standard InChI is InChI=1S/C15H20N2O/c1-18-11-5-10-15(17-16)14-9-4-7-12-6-2-3-8-13(12)14/h2-4,6-9,15,17H,5,10-11,16H2,1H3. The Kier molecular flexibility index (Phi) is 4.70. The maximum atomic E-state index is 5.69. The van der Waals surface area contributed by atoms with Crippen LogP contribution < -0.4 is 11.3 Å². The van der Waals surface area contributed by atoms with Crippen LogP contribution in [0, 0.1) is 0 Å². The second kappa shape index (κ2) is 6.50. The maximum absolute atomic E-state index is 5.69. The first-order valence-corrected chi connectivity index (χ1v) is 6.29. The second-order valence-corrected chi connectivity index (χ2v) is 4.42. The second-order valence-electron chi connectivity index (χ2n) is 4.42. The zero-order valence-electron chi connectivity index (χ0n) is 10.7. The van der Waals surface area contributed by atoms with E-state index >= 15 is 0 Å². The number of hydrogen-bond donors (Lipinski definition) is 2. The summed E-state index contributed by atoms with van der Waals surface area (Å²) in [7, 11) is 1.72. The lowest BCUT2D eigenvalue weighted by Gasteiger charge is -2.18. The number of methoxy groups -OCH3 is 1. The molecule has 0 bridgehead atoms. The van der Waals surface area contributed by atoms with Gasteiger partial charge >= 0.3 is 0 Å². The predicted molar refractivity (Wildman–Crippen MR) is 75.1 cm³/mol. The van der Waals surface area contributed by atoms with E-state index in [2.05, 4.69) is 47.9 Å². The predicted octanol–water partition coefficient (Wildman–Crippen LogP) is 2.77. The molecule has 96 valence electrons. The van der Waals surface area contributed by atoms with E-state index in [-0.39, 0.29) is 6.04 Å². The van der Waals surface area contributed by atoms with Gasteiger partial charge < -0.3 is 4.74 Å². The molecule has 1 unspecified atom stereocenters. The number of nitrogens with one attached hydrogen (secondary N) is 1. The van der Waals surface area contributed by atoms with E-state index < -0.39 is 0 Å². The lowest BCUT2D eigenvalue weighted by molar-refractivity contribution is 0.189. The molecule has 0 amide bonds. The Morgan fingerprint density at radius 3 is 2.72 bits per heavy atom. The molecule has 0 radical (unpaired) electrons. The van der Waals surface area contributed by atoms with Gasteiger partial charge in [0.25, 0.3) is 0 Å². The molecule has 0 fully saturated rings. The summed E-state index contributed by atoms with van der Waals surface area (Å²) >= 11 is 0. The Bertz CT molecular complexity index is 493. The van der Waals surface area contributed by atoms with E-state index in [1.165, 1.54) is 16.3 Å². The molecule has 0 saturated carbocycles. The highest BCUT2D eigenvalue weighted by Gasteiger charge is 2.11. The molecule has 3 N–H and O–H groups in total. The Morgan fingerprint density at radius 1 is 1.17 bits per heavy atom. The largest absolute Gasteiger partial charge is 0.385 e. The van der Waals surface area contributed by atoms with Gasteiger partial charge in [-0.3, -0.25) is 11.3 Å². The van der Waals surface area contributed by atoms with Crippen molar-refractivity contribution in [3.8, 4) is 0 Å². The van der Waals surface area contributed by atoms with Gasteiger partial charge in [0.1, 0.15) is 0 Å². The minimum absolute atomic E-state index is 0.172. The topological polar surface area (TPSA) is 47.3 Å². The molecule has 0 saturated heterocycles. The van der Waals surface area contributed by atoms with Crippen LogP contribution in [0.5, 0.6) is 0 Å². The van der Waals surface area contributed by atoms with Crippen LogP contribution in [0.1, 0.15) is 24.4 Å². The molecule has 0 heterocycles. The normalized spacial score (nSPS) is 12.8. The molecule has 2 rings (SSSR count). The molecule has 1 atom stereocenters. The van der Waals surface area contributed by atoms with Crippen LogP contribution in [-0.4, -0.2) is 13.7 Å². The van der Waals surface area contributed by atoms with Crippen molar-refractivity contribution in [2.24, 2.45) is 5.84 Å². The minimum atomic E-state index is 0.172. The summed E-state index contributed by atoms with van der Waals surface area (Å²) in [5, 5.41) is 2.52. The van der Waals surface area contributed by atoms with Crippen molar-refractivity contribution < 1.29 is 4.74 Å². The quantitative estimate of drug-likeness (QED) is 0.466. The van der Waals surface area contributed by atoms with Crippen molar-refractivity contribution in [1.82, 2.24) is 5.43 Å². The van der Waals surface area contributed by atoms with Gasteiger partial charge in [-0.1, -0.05) is 42.5 Å². The fourth-order valence-electron chi connectivity index (χ4n) is 2.31. The molecule has 0 aliphatic carbocycles. The van der Waals surface area contributed by atoms with Crippen molar-refractivity contribution in [1.29, 1.82) is 0 Å². The van der Waals surface area contributed by atoms with Crippen LogP contribution in [0.2, 0.25) is 0 Å². The van der Waals surface area contributed by atoms with E-state index in [0.29, 0.717) is 0 Å². The van der Waals surface area contributed by atoms with Crippen molar-refractivity contribution >= 4 is 10.8 Å². The molecule has 0 aromatic heterocycles. The highest BCUT2D eigenvalue weighted by molar-refractivity contribution is 5.86. The lowest BCUT2D eigenvalue weighted by Crippen LogP contribution is -2.28. The van der Waals surface area contributed by atoms with Crippen molar-refractivity contribution in [2.45, 2.75) is 18.9 Å². The van der Waals surface area contributed by atoms with E-state index in [9.17, 15) is 0 Å². The summed E-state index contributed by atoms with van der Waals surface area (Å²) in [5.41, 5.74) is 4.17. The van der Waals surface area contributed by atoms with Gasteiger partial charge in [0.15, 0.2) is 0 Å². The molecular weight excluding hydrogens is 224 g/mol. The van der Waals surface area contributed by atoms with Gasteiger partial charge in [-0.25, -0.2) is 0 Å². The van der Waals surface area contributed by atoms with Gasteiger partial charge in [0.05, 0.1) is 0 Å². The average Bonchev–Trinajstić information content (AvgIpc) is 2.43. The molecule has 2 aromatic carbocycles. The van der Waals surface area contributed by atoms with Crippen LogP contribution in [0.3, 0.4) is 0 Å². The van der Waals surface area contributed by atoms with E-state index in [1.54, 1.807) is 7.11 Å². The van der Waals surface area contributed by atoms with Gasteiger partial charge in [-0.05, 0) is 29.2 Å². The fourth-order valence-corrected chi connectivity index (χ4v) is 2.31. The van der Waals surface area contributed by atoms with E-state index in [1.807, 2.05) is 0 Å². The lowest BCUT2D eigenvalue weighted by atomic mass is 9.96. The Hall–Kier alpha value is -1.42. The molecule has 18 heavy (non-hydrogen) atoms.